The Hall–Kier alpha value is -2.54. The van der Waals surface area contributed by atoms with Crippen molar-refractivity contribution < 1.29 is 28.7 Å². The Kier molecular flexibility index (Phi) is 7.08. The molecule has 0 unspecified atom stereocenters. The molecule has 0 bridgehead atoms. The van der Waals surface area contributed by atoms with Crippen LogP contribution in [0.25, 0.3) is 0 Å². The minimum atomic E-state index is -0.512. The third-order valence-corrected chi connectivity index (χ3v) is 3.01. The lowest BCUT2D eigenvalue weighted by atomic mass is 10.0. The van der Waals surface area contributed by atoms with Gasteiger partial charge in [-0.05, 0) is 18.2 Å². The van der Waals surface area contributed by atoms with E-state index in [9.17, 15) is 19.2 Å². The summed E-state index contributed by atoms with van der Waals surface area (Å²) >= 11 is 0. The molecule has 23 heavy (non-hydrogen) atoms. The second-order valence-electron chi connectivity index (χ2n) is 4.84. The van der Waals surface area contributed by atoms with Crippen LogP contribution in [0.15, 0.2) is 18.2 Å². The van der Waals surface area contributed by atoms with Gasteiger partial charge in [-0.2, -0.15) is 0 Å². The molecular formula is C16H19NO6. The molecule has 0 aliphatic heterocycles. The van der Waals surface area contributed by atoms with Gasteiger partial charge in [-0.3, -0.25) is 19.2 Å². The topological polar surface area (TPSA) is 113 Å². The van der Waals surface area contributed by atoms with E-state index in [2.05, 4.69) is 0 Å². The minimum absolute atomic E-state index is 0.00948. The lowest BCUT2D eigenvalue weighted by molar-refractivity contribution is -0.132. The summed E-state index contributed by atoms with van der Waals surface area (Å²) in [7, 11) is 1.38. The van der Waals surface area contributed by atoms with Gasteiger partial charge in [-0.1, -0.05) is 0 Å². The van der Waals surface area contributed by atoms with Crippen LogP contribution >= 0.6 is 0 Å². The van der Waals surface area contributed by atoms with Gasteiger partial charge in [-0.25, -0.2) is 0 Å². The third kappa shape index (κ3) is 5.99. The standard InChI is InChI=1S/C16H19NO6/c1-10(18)23-15-6-3-11(7-16(15)22-2)14(21)8-12(19)4-5-13(20)9-17/h3,6-7H,4-5,8-9,17H2,1-2H3. The molecule has 0 atom stereocenters. The van der Waals surface area contributed by atoms with Gasteiger partial charge >= 0.3 is 5.97 Å². The maximum atomic E-state index is 12.1. The Balaban J connectivity index is 2.74. The zero-order chi connectivity index (χ0) is 17.4. The van der Waals surface area contributed by atoms with Crippen LogP contribution in [0.1, 0.15) is 36.5 Å². The molecule has 0 fully saturated rings. The van der Waals surface area contributed by atoms with E-state index in [1.807, 2.05) is 0 Å². The first-order valence-electron chi connectivity index (χ1n) is 7.00. The number of carbonyl (C=O) groups is 4. The predicted octanol–water partition coefficient (Wildman–Crippen LogP) is 1.07. The molecule has 1 aromatic rings. The predicted molar refractivity (Wildman–Crippen MR) is 81.6 cm³/mol. The molecule has 0 amide bonds. The van der Waals surface area contributed by atoms with Crippen molar-refractivity contribution in [3.8, 4) is 11.5 Å². The largest absolute Gasteiger partial charge is 0.493 e. The molecule has 2 N–H and O–H groups in total. The number of hydrogen-bond donors (Lipinski definition) is 1. The van der Waals surface area contributed by atoms with Gasteiger partial charge in [-0.15, -0.1) is 0 Å². The van der Waals surface area contributed by atoms with E-state index in [1.165, 1.54) is 32.2 Å². The highest BCUT2D eigenvalue weighted by atomic mass is 16.6. The van der Waals surface area contributed by atoms with Gasteiger partial charge in [0.25, 0.3) is 0 Å². The molecule has 0 saturated heterocycles. The molecular weight excluding hydrogens is 302 g/mol. The highest BCUT2D eigenvalue weighted by molar-refractivity contribution is 6.08. The lowest BCUT2D eigenvalue weighted by Gasteiger charge is -2.09. The number of benzene rings is 1. The number of methoxy groups -OCH3 is 1. The molecule has 7 heteroatoms. The Bertz CT molecular complexity index is 623. The van der Waals surface area contributed by atoms with E-state index < -0.39 is 11.8 Å². The van der Waals surface area contributed by atoms with E-state index in [-0.39, 0.29) is 54.4 Å². The monoisotopic (exact) mass is 321 g/mol. The van der Waals surface area contributed by atoms with E-state index in [0.717, 1.165) is 0 Å². The highest BCUT2D eigenvalue weighted by Crippen LogP contribution is 2.28. The van der Waals surface area contributed by atoms with Crippen molar-refractivity contribution in [2.24, 2.45) is 5.73 Å². The van der Waals surface area contributed by atoms with Crippen molar-refractivity contribution in [2.45, 2.75) is 26.2 Å². The van der Waals surface area contributed by atoms with Crippen LogP contribution < -0.4 is 15.2 Å². The molecule has 0 heterocycles. The van der Waals surface area contributed by atoms with Gasteiger partial charge in [0, 0.05) is 25.3 Å². The van der Waals surface area contributed by atoms with Crippen LogP contribution in [-0.4, -0.2) is 37.0 Å². The summed E-state index contributed by atoms with van der Waals surface area (Å²) < 4.78 is 10.0. The number of nitrogens with two attached hydrogens (primary N) is 1. The Morgan fingerprint density at radius 3 is 2.26 bits per heavy atom. The number of Topliss-reactive ketones (excluding diaryl/α,β-unsaturated/α-hetero) is 3. The first kappa shape index (κ1) is 18.5. The number of rotatable bonds is 9. The summed E-state index contributed by atoms with van der Waals surface area (Å²) in [5, 5.41) is 0. The number of carbonyl (C=O) groups excluding carboxylic acids is 4. The van der Waals surface area contributed by atoms with E-state index >= 15 is 0 Å². The first-order valence-corrected chi connectivity index (χ1v) is 7.00. The van der Waals surface area contributed by atoms with Crippen molar-refractivity contribution in [3.63, 3.8) is 0 Å². The maximum absolute atomic E-state index is 12.1. The number of ether oxygens (including phenoxy) is 2. The van der Waals surface area contributed by atoms with Gasteiger partial charge in [0.2, 0.25) is 0 Å². The van der Waals surface area contributed by atoms with E-state index in [1.54, 1.807) is 0 Å². The fraction of sp³-hybridized carbons (Fsp3) is 0.375. The first-order chi connectivity index (χ1) is 10.9. The zero-order valence-corrected chi connectivity index (χ0v) is 13.1. The second-order valence-corrected chi connectivity index (χ2v) is 4.84. The van der Waals surface area contributed by atoms with Gasteiger partial charge in [0.1, 0.15) is 11.6 Å². The van der Waals surface area contributed by atoms with Gasteiger partial charge < -0.3 is 15.2 Å². The summed E-state index contributed by atoms with van der Waals surface area (Å²) in [5.41, 5.74) is 5.41. The van der Waals surface area contributed by atoms with Crippen LogP contribution in [0.5, 0.6) is 11.5 Å². The molecule has 7 nitrogen and oxygen atoms in total. The number of ketones is 3. The van der Waals surface area contributed by atoms with Crippen LogP contribution in [0.3, 0.4) is 0 Å². The van der Waals surface area contributed by atoms with Gasteiger partial charge in [0.15, 0.2) is 17.3 Å². The fourth-order valence-electron chi connectivity index (χ4n) is 1.83. The second kappa shape index (κ2) is 8.79. The van der Waals surface area contributed by atoms with Crippen molar-refractivity contribution in [1.82, 2.24) is 0 Å². The molecule has 0 radical (unpaired) electrons. The molecule has 1 rings (SSSR count). The molecule has 0 aliphatic carbocycles. The van der Waals surface area contributed by atoms with Crippen molar-refractivity contribution in [3.05, 3.63) is 23.8 Å². The lowest BCUT2D eigenvalue weighted by Crippen LogP contribution is -2.16. The third-order valence-electron chi connectivity index (χ3n) is 3.01. The van der Waals surface area contributed by atoms with Crippen LogP contribution in [0, 0.1) is 0 Å². The molecule has 0 aliphatic rings. The highest BCUT2D eigenvalue weighted by Gasteiger charge is 2.16. The van der Waals surface area contributed by atoms with Crippen molar-refractivity contribution in [1.29, 1.82) is 0 Å². The zero-order valence-electron chi connectivity index (χ0n) is 13.1. The minimum Gasteiger partial charge on any atom is -0.493 e. The fourth-order valence-corrected chi connectivity index (χ4v) is 1.83. The normalized spacial score (nSPS) is 10.0. The molecule has 1 aromatic carbocycles. The van der Waals surface area contributed by atoms with Crippen LogP contribution in [0.2, 0.25) is 0 Å². The Morgan fingerprint density at radius 1 is 1.04 bits per heavy atom. The summed E-state index contributed by atoms with van der Waals surface area (Å²) in [6.45, 7) is 1.13. The summed E-state index contributed by atoms with van der Waals surface area (Å²) in [6, 6.07) is 4.27. The van der Waals surface area contributed by atoms with Crippen LogP contribution in [0.4, 0.5) is 0 Å². The van der Waals surface area contributed by atoms with Gasteiger partial charge in [0.05, 0.1) is 20.1 Å². The summed E-state index contributed by atoms with van der Waals surface area (Å²) in [4.78, 5) is 45.8. The van der Waals surface area contributed by atoms with Crippen molar-refractivity contribution >= 4 is 23.3 Å². The average molecular weight is 321 g/mol. The van der Waals surface area contributed by atoms with E-state index in [4.69, 9.17) is 15.2 Å². The molecule has 124 valence electrons. The number of hydrogen-bond acceptors (Lipinski definition) is 7. The molecule has 0 saturated carbocycles. The summed E-state index contributed by atoms with van der Waals surface area (Å²) in [6.07, 6.45) is -0.282. The maximum Gasteiger partial charge on any atom is 0.308 e. The summed E-state index contributed by atoms with van der Waals surface area (Å²) in [5.74, 6) is -1.06. The van der Waals surface area contributed by atoms with Crippen molar-refractivity contribution in [2.75, 3.05) is 13.7 Å². The number of esters is 1. The van der Waals surface area contributed by atoms with Crippen LogP contribution in [-0.2, 0) is 14.4 Å². The smallest absolute Gasteiger partial charge is 0.308 e. The van der Waals surface area contributed by atoms with E-state index in [0.29, 0.717) is 0 Å². The average Bonchev–Trinajstić information content (AvgIpc) is 2.52. The molecule has 0 spiro atoms. The SMILES string of the molecule is COc1cc(C(=O)CC(=O)CCC(=O)CN)ccc1OC(C)=O. The Labute approximate surface area is 133 Å². The quantitative estimate of drug-likeness (QED) is 0.313. The molecule has 0 aromatic heterocycles. The Morgan fingerprint density at radius 2 is 1.70 bits per heavy atom.